The fraction of sp³-hybridized carbons (Fsp3) is 0.316. The van der Waals surface area contributed by atoms with Crippen LogP contribution in [0.2, 0.25) is 0 Å². The Labute approximate surface area is 159 Å². The van der Waals surface area contributed by atoms with Gasteiger partial charge in [0, 0.05) is 25.0 Å². The average Bonchev–Trinajstić information content (AvgIpc) is 2.64. The van der Waals surface area contributed by atoms with E-state index in [4.69, 9.17) is 5.73 Å². The predicted molar refractivity (Wildman–Crippen MR) is 102 cm³/mol. The molecule has 0 aromatic heterocycles. The van der Waals surface area contributed by atoms with E-state index in [1.54, 1.807) is 32.0 Å². The first-order chi connectivity index (χ1) is 12.7. The van der Waals surface area contributed by atoms with Crippen LogP contribution in [0.25, 0.3) is 0 Å². The minimum atomic E-state index is -3.77. The smallest absolute Gasteiger partial charge is 0.240 e. The maximum Gasteiger partial charge on any atom is 0.240 e. The van der Waals surface area contributed by atoms with Crippen molar-refractivity contribution in [2.24, 2.45) is 11.7 Å². The highest BCUT2D eigenvalue weighted by molar-refractivity contribution is 7.89. The second-order valence-electron chi connectivity index (χ2n) is 6.47. The van der Waals surface area contributed by atoms with Gasteiger partial charge in [-0.3, -0.25) is 4.79 Å². The molecule has 2 atom stereocenters. The highest BCUT2D eigenvalue weighted by Crippen LogP contribution is 2.13. The number of halogens is 1. The van der Waals surface area contributed by atoms with E-state index in [9.17, 15) is 17.6 Å². The molecule has 0 fully saturated rings. The fourth-order valence-electron chi connectivity index (χ4n) is 2.32. The Bertz CT molecular complexity index is 901. The molecule has 2 aromatic rings. The lowest BCUT2D eigenvalue weighted by molar-refractivity contribution is -0.125. The summed E-state index contributed by atoms with van der Waals surface area (Å²) in [6.45, 7) is 3.66. The first-order valence-corrected chi connectivity index (χ1v) is 10.0. The van der Waals surface area contributed by atoms with E-state index in [2.05, 4.69) is 10.0 Å². The van der Waals surface area contributed by atoms with Crippen molar-refractivity contribution in [3.05, 3.63) is 65.5 Å². The van der Waals surface area contributed by atoms with E-state index in [0.717, 1.165) is 0 Å². The highest BCUT2D eigenvalue weighted by atomic mass is 32.2. The van der Waals surface area contributed by atoms with E-state index in [0.29, 0.717) is 11.1 Å². The van der Waals surface area contributed by atoms with Crippen LogP contribution in [0.5, 0.6) is 0 Å². The van der Waals surface area contributed by atoms with Gasteiger partial charge in [-0.1, -0.05) is 31.2 Å². The first kappa shape index (κ1) is 21.0. The van der Waals surface area contributed by atoms with Gasteiger partial charge in [-0.15, -0.1) is 0 Å². The number of sulfonamides is 1. The predicted octanol–water partition coefficient (Wildman–Crippen LogP) is 1.90. The number of nitrogens with two attached hydrogens (primary N) is 1. The summed E-state index contributed by atoms with van der Waals surface area (Å²) in [5, 5.41) is 2.75. The Morgan fingerprint density at radius 3 is 2.33 bits per heavy atom. The van der Waals surface area contributed by atoms with Crippen LogP contribution >= 0.6 is 0 Å². The molecule has 2 unspecified atom stereocenters. The summed E-state index contributed by atoms with van der Waals surface area (Å²) in [4.78, 5) is 12.0. The molecule has 0 aliphatic heterocycles. The summed E-state index contributed by atoms with van der Waals surface area (Å²) in [5.74, 6) is -0.960. The van der Waals surface area contributed by atoms with Crippen LogP contribution in [-0.4, -0.2) is 20.4 Å². The van der Waals surface area contributed by atoms with Crippen molar-refractivity contribution in [2.75, 3.05) is 0 Å². The van der Waals surface area contributed by atoms with Gasteiger partial charge in [-0.05, 0) is 42.3 Å². The Morgan fingerprint density at radius 2 is 1.70 bits per heavy atom. The summed E-state index contributed by atoms with van der Waals surface area (Å²) < 4.78 is 40.6. The number of carbonyl (C=O) groups is 1. The second-order valence-corrected chi connectivity index (χ2v) is 8.23. The molecular weight excluding hydrogens is 369 g/mol. The van der Waals surface area contributed by atoms with Crippen molar-refractivity contribution in [1.29, 1.82) is 0 Å². The van der Waals surface area contributed by atoms with Crippen molar-refractivity contribution in [3.63, 3.8) is 0 Å². The van der Waals surface area contributed by atoms with Gasteiger partial charge in [-0.2, -0.15) is 0 Å². The van der Waals surface area contributed by atoms with Crippen LogP contribution in [0, 0.1) is 11.7 Å². The van der Waals surface area contributed by atoms with Crippen LogP contribution < -0.4 is 15.8 Å². The molecule has 0 aliphatic carbocycles. The maximum atomic E-state index is 13.2. The van der Waals surface area contributed by atoms with Crippen LogP contribution in [0.3, 0.4) is 0 Å². The van der Waals surface area contributed by atoms with Crippen molar-refractivity contribution in [3.8, 4) is 0 Å². The number of amides is 1. The van der Waals surface area contributed by atoms with E-state index < -0.39 is 15.8 Å². The molecule has 6 nitrogen and oxygen atoms in total. The number of nitrogens with one attached hydrogen (secondary N) is 2. The molecule has 27 heavy (non-hydrogen) atoms. The van der Waals surface area contributed by atoms with Gasteiger partial charge in [0.2, 0.25) is 15.9 Å². The van der Waals surface area contributed by atoms with Gasteiger partial charge in [-0.25, -0.2) is 17.5 Å². The minimum Gasteiger partial charge on any atom is -0.352 e. The van der Waals surface area contributed by atoms with Gasteiger partial charge in [0.05, 0.1) is 4.90 Å². The molecule has 0 bridgehead atoms. The van der Waals surface area contributed by atoms with Crippen LogP contribution in [-0.2, 0) is 27.9 Å². The third kappa shape index (κ3) is 6.13. The third-order valence-electron chi connectivity index (χ3n) is 4.23. The Balaban J connectivity index is 2.03. The molecule has 0 saturated carbocycles. The molecule has 0 aliphatic rings. The van der Waals surface area contributed by atoms with Crippen molar-refractivity contribution >= 4 is 15.9 Å². The number of hydrogen-bond donors (Lipinski definition) is 3. The molecule has 146 valence electrons. The van der Waals surface area contributed by atoms with E-state index in [1.165, 1.54) is 30.3 Å². The van der Waals surface area contributed by atoms with Gasteiger partial charge in [0.1, 0.15) is 5.82 Å². The van der Waals surface area contributed by atoms with E-state index >= 15 is 0 Å². The summed E-state index contributed by atoms with van der Waals surface area (Å²) in [6, 6.07) is 11.7. The molecule has 4 N–H and O–H groups in total. The highest BCUT2D eigenvalue weighted by Gasteiger charge is 2.17. The monoisotopic (exact) mass is 393 g/mol. The number of benzene rings is 2. The SMILES string of the molecule is CC(N)C(C)C(=O)NCc1cccc(S(=O)(=O)NCc2cccc(F)c2)c1. The molecule has 0 spiro atoms. The van der Waals surface area contributed by atoms with Crippen molar-refractivity contribution in [2.45, 2.75) is 37.9 Å². The molecule has 0 saturated heterocycles. The summed E-state index contributed by atoms with van der Waals surface area (Å²) in [7, 11) is -3.77. The Hall–Kier alpha value is -2.29. The largest absolute Gasteiger partial charge is 0.352 e. The minimum absolute atomic E-state index is 0.0209. The summed E-state index contributed by atoms with van der Waals surface area (Å²) >= 11 is 0. The van der Waals surface area contributed by atoms with Crippen LogP contribution in [0.1, 0.15) is 25.0 Å². The van der Waals surface area contributed by atoms with Gasteiger partial charge in [0.25, 0.3) is 0 Å². The van der Waals surface area contributed by atoms with Crippen molar-refractivity contribution in [1.82, 2.24) is 10.0 Å². The van der Waals surface area contributed by atoms with Gasteiger partial charge >= 0.3 is 0 Å². The molecule has 2 rings (SSSR count). The Kier molecular flexibility index (Phi) is 7.06. The lowest BCUT2D eigenvalue weighted by Gasteiger charge is -2.15. The first-order valence-electron chi connectivity index (χ1n) is 8.55. The quantitative estimate of drug-likeness (QED) is 0.638. The number of hydrogen-bond acceptors (Lipinski definition) is 4. The summed E-state index contributed by atoms with van der Waals surface area (Å²) in [6.07, 6.45) is 0. The third-order valence-corrected chi connectivity index (χ3v) is 5.63. The zero-order chi connectivity index (χ0) is 20.0. The van der Waals surface area contributed by atoms with Gasteiger partial charge < -0.3 is 11.1 Å². The standard InChI is InChI=1S/C19H24FN3O3S/c1-13(14(2)21)19(24)22-11-16-6-4-8-18(10-16)27(25,26)23-12-15-5-3-7-17(20)9-15/h3-10,13-14,23H,11-12,21H2,1-2H3,(H,22,24). The topological polar surface area (TPSA) is 101 Å². The maximum absolute atomic E-state index is 13.2. The number of carbonyl (C=O) groups excluding carboxylic acids is 1. The second kappa shape index (κ2) is 9.07. The van der Waals surface area contributed by atoms with Gasteiger partial charge in [0.15, 0.2) is 0 Å². The molecule has 0 heterocycles. The molecule has 1 amide bonds. The van der Waals surface area contributed by atoms with Crippen LogP contribution in [0.4, 0.5) is 4.39 Å². The lowest BCUT2D eigenvalue weighted by atomic mass is 10.0. The molecule has 2 aromatic carbocycles. The molecular formula is C19H24FN3O3S. The Morgan fingerprint density at radius 1 is 1.07 bits per heavy atom. The molecule has 0 radical (unpaired) electrons. The van der Waals surface area contributed by atoms with E-state index in [1.807, 2.05) is 0 Å². The zero-order valence-electron chi connectivity index (χ0n) is 15.3. The average molecular weight is 393 g/mol. The van der Waals surface area contributed by atoms with Crippen molar-refractivity contribution < 1.29 is 17.6 Å². The zero-order valence-corrected chi connectivity index (χ0v) is 16.1. The van der Waals surface area contributed by atoms with E-state index in [-0.39, 0.29) is 35.9 Å². The number of rotatable bonds is 8. The lowest BCUT2D eigenvalue weighted by Crippen LogP contribution is -2.38. The molecule has 8 heteroatoms. The normalized spacial score (nSPS) is 13.8. The fourth-order valence-corrected chi connectivity index (χ4v) is 3.41. The summed E-state index contributed by atoms with van der Waals surface area (Å²) in [5.41, 5.74) is 6.87. The van der Waals surface area contributed by atoms with Crippen LogP contribution in [0.15, 0.2) is 53.4 Å².